The number of anilines is 2. The molecule has 0 radical (unpaired) electrons. The molecule has 18 heavy (non-hydrogen) atoms. The largest absolute Gasteiger partial charge is 0.398 e. The molecule has 0 bridgehead atoms. The molecular formula is C6H8N4O6S2. The molecule has 6 N–H and O–H groups in total. The molecule has 1 rings (SSSR count). The lowest BCUT2D eigenvalue weighted by Gasteiger charge is -2.07. The minimum atomic E-state index is -4.60. The van der Waals surface area contributed by atoms with E-state index in [1.54, 1.807) is 0 Å². The van der Waals surface area contributed by atoms with Crippen molar-refractivity contribution in [2.75, 3.05) is 11.5 Å². The Kier molecular flexibility index (Phi) is 4.59. The van der Waals surface area contributed by atoms with Crippen LogP contribution in [0, 0.1) is 10.8 Å². The number of benzene rings is 1. The quantitative estimate of drug-likeness (QED) is 0.308. The lowest BCUT2D eigenvalue weighted by Crippen LogP contribution is -2.09. The maximum atomic E-state index is 10.8. The Bertz CT molecular complexity index is 620. The summed E-state index contributed by atoms with van der Waals surface area (Å²) in [5.41, 5.74) is 9.33. The van der Waals surface area contributed by atoms with Crippen LogP contribution in [0.4, 0.5) is 11.4 Å². The minimum absolute atomic E-state index is 0.538. The zero-order chi connectivity index (χ0) is 14.7. The zero-order valence-corrected chi connectivity index (χ0v) is 10.2. The Morgan fingerprint density at radius 1 is 0.833 bits per heavy atom. The predicted molar refractivity (Wildman–Crippen MR) is 58.3 cm³/mol. The van der Waals surface area contributed by atoms with Gasteiger partial charge in [-0.05, 0) is 12.1 Å². The fraction of sp³-hybridized carbons (Fsp3) is 0. The van der Waals surface area contributed by atoms with Crippen LogP contribution in [0.3, 0.4) is 0 Å². The first kappa shape index (κ1) is 16.1. The van der Waals surface area contributed by atoms with Crippen LogP contribution in [0.25, 0.3) is 0 Å². The summed E-state index contributed by atoms with van der Waals surface area (Å²) in [6, 6.07) is 1.29. The second-order valence-electron chi connectivity index (χ2n) is 2.88. The van der Waals surface area contributed by atoms with Crippen LogP contribution in [0.2, 0.25) is 0 Å². The van der Waals surface area contributed by atoms with E-state index in [1.807, 2.05) is 0 Å². The van der Waals surface area contributed by atoms with Crippen LogP contribution in [-0.4, -0.2) is 25.9 Å². The van der Waals surface area contributed by atoms with Gasteiger partial charge in [0.25, 0.3) is 20.2 Å². The van der Waals surface area contributed by atoms with E-state index in [9.17, 15) is 16.8 Å². The fourth-order valence-electron chi connectivity index (χ4n) is 1.04. The van der Waals surface area contributed by atoms with E-state index in [1.165, 1.54) is 0 Å². The fourth-order valence-corrected chi connectivity index (χ4v) is 2.30. The van der Waals surface area contributed by atoms with Crippen molar-refractivity contribution >= 4 is 31.6 Å². The Hall–Kier alpha value is -1.94. The predicted octanol–water partition coefficient (Wildman–Crippen LogP) is -0.625. The van der Waals surface area contributed by atoms with E-state index >= 15 is 0 Å². The number of nitrogens with zero attached hydrogens (tertiary/aromatic N) is 2. The van der Waals surface area contributed by atoms with Gasteiger partial charge in [-0.2, -0.15) is 16.8 Å². The first-order valence-corrected chi connectivity index (χ1v) is 6.75. The van der Waals surface area contributed by atoms with Crippen molar-refractivity contribution in [1.82, 2.24) is 0 Å². The van der Waals surface area contributed by atoms with Gasteiger partial charge in [-0.1, -0.05) is 0 Å². The van der Waals surface area contributed by atoms with E-state index in [2.05, 4.69) is 0 Å². The monoisotopic (exact) mass is 296 g/mol. The van der Waals surface area contributed by atoms with Crippen LogP contribution in [-0.2, 0) is 20.2 Å². The number of nitrogens with two attached hydrogens (primary N) is 2. The van der Waals surface area contributed by atoms with E-state index in [4.69, 9.17) is 31.4 Å². The molecule has 0 aliphatic heterocycles. The number of hydrogen-bond donors (Lipinski definition) is 4. The van der Waals surface area contributed by atoms with Crippen LogP contribution in [0.1, 0.15) is 0 Å². The van der Waals surface area contributed by atoms with Crippen LogP contribution < -0.4 is 11.5 Å². The molecule has 0 saturated carbocycles. The third kappa shape index (κ3) is 3.53. The van der Waals surface area contributed by atoms with Crippen molar-refractivity contribution in [3.05, 3.63) is 12.1 Å². The van der Waals surface area contributed by atoms with E-state index in [0.29, 0.717) is 12.1 Å². The van der Waals surface area contributed by atoms with E-state index in [0.717, 1.165) is 0 Å². The Balaban J connectivity index is 0.00000137. The van der Waals surface area contributed by atoms with Gasteiger partial charge < -0.3 is 11.5 Å². The SMILES string of the molecule is N#N.Nc1cc(S(=O)(=O)O)c(N)cc1S(=O)(=O)O. The highest BCUT2D eigenvalue weighted by Crippen LogP contribution is 2.27. The topological polar surface area (TPSA) is 208 Å². The van der Waals surface area contributed by atoms with Crippen molar-refractivity contribution in [2.24, 2.45) is 0 Å². The molecule has 0 saturated heterocycles. The van der Waals surface area contributed by atoms with Crippen molar-refractivity contribution in [3.8, 4) is 0 Å². The van der Waals surface area contributed by atoms with Crippen molar-refractivity contribution in [1.29, 1.82) is 10.8 Å². The third-order valence-corrected chi connectivity index (χ3v) is 3.52. The molecular weight excluding hydrogens is 288 g/mol. The summed E-state index contributed by atoms with van der Waals surface area (Å²) in [7, 11) is -9.20. The summed E-state index contributed by atoms with van der Waals surface area (Å²) in [5.74, 6) is 0. The summed E-state index contributed by atoms with van der Waals surface area (Å²) >= 11 is 0. The third-order valence-electron chi connectivity index (χ3n) is 1.70. The van der Waals surface area contributed by atoms with Gasteiger partial charge in [0.05, 0.1) is 11.4 Å². The first-order chi connectivity index (χ1) is 8.03. The van der Waals surface area contributed by atoms with Gasteiger partial charge in [0, 0.05) is 10.8 Å². The number of nitrogen functional groups attached to an aromatic ring is 2. The first-order valence-electron chi connectivity index (χ1n) is 3.87. The average Bonchev–Trinajstić information content (AvgIpc) is 2.21. The van der Waals surface area contributed by atoms with Gasteiger partial charge in [-0.3, -0.25) is 9.11 Å². The van der Waals surface area contributed by atoms with Gasteiger partial charge in [0.15, 0.2) is 0 Å². The molecule has 1 aromatic carbocycles. The maximum absolute atomic E-state index is 10.8. The molecule has 0 spiro atoms. The lowest BCUT2D eigenvalue weighted by atomic mass is 10.3. The molecule has 0 aromatic heterocycles. The van der Waals surface area contributed by atoms with Crippen LogP contribution in [0.15, 0.2) is 21.9 Å². The molecule has 0 amide bonds. The summed E-state index contributed by atoms with van der Waals surface area (Å²) in [6.07, 6.45) is 0. The maximum Gasteiger partial charge on any atom is 0.296 e. The normalized spacial score (nSPS) is 11.3. The van der Waals surface area contributed by atoms with E-state index < -0.39 is 41.4 Å². The molecule has 0 aliphatic rings. The molecule has 12 heteroatoms. The summed E-state index contributed by atoms with van der Waals surface area (Å²) in [4.78, 5) is -1.45. The highest BCUT2D eigenvalue weighted by molar-refractivity contribution is 7.86. The van der Waals surface area contributed by atoms with Gasteiger partial charge >= 0.3 is 0 Å². The van der Waals surface area contributed by atoms with Gasteiger partial charge in [0.2, 0.25) is 0 Å². The number of hydrogen-bond acceptors (Lipinski definition) is 8. The minimum Gasteiger partial charge on any atom is -0.398 e. The Morgan fingerprint density at radius 2 is 1.06 bits per heavy atom. The molecule has 0 atom stereocenters. The average molecular weight is 296 g/mol. The molecule has 10 nitrogen and oxygen atoms in total. The molecule has 1 aromatic rings. The lowest BCUT2D eigenvalue weighted by molar-refractivity contribution is 0.479. The van der Waals surface area contributed by atoms with Crippen molar-refractivity contribution < 1.29 is 25.9 Å². The summed E-state index contributed by atoms with van der Waals surface area (Å²) in [6.45, 7) is 0. The molecule has 0 heterocycles. The van der Waals surface area contributed by atoms with Gasteiger partial charge in [-0.25, -0.2) is 0 Å². The Labute approximate surface area is 102 Å². The van der Waals surface area contributed by atoms with Gasteiger partial charge in [0.1, 0.15) is 9.79 Å². The molecule has 0 unspecified atom stereocenters. The van der Waals surface area contributed by atoms with Crippen LogP contribution >= 0.6 is 0 Å². The second-order valence-corrected chi connectivity index (χ2v) is 5.66. The second kappa shape index (κ2) is 5.14. The smallest absolute Gasteiger partial charge is 0.296 e. The molecule has 0 aliphatic carbocycles. The Morgan fingerprint density at radius 3 is 1.22 bits per heavy atom. The van der Waals surface area contributed by atoms with E-state index in [-0.39, 0.29) is 0 Å². The number of rotatable bonds is 2. The summed E-state index contributed by atoms with van der Waals surface area (Å²) in [5, 5.41) is 12.0. The van der Waals surface area contributed by atoms with Crippen molar-refractivity contribution in [2.45, 2.75) is 9.79 Å². The van der Waals surface area contributed by atoms with Gasteiger partial charge in [-0.15, -0.1) is 0 Å². The molecule has 100 valence electrons. The van der Waals surface area contributed by atoms with Crippen molar-refractivity contribution in [3.63, 3.8) is 0 Å². The zero-order valence-electron chi connectivity index (χ0n) is 8.55. The highest BCUT2D eigenvalue weighted by Gasteiger charge is 2.21. The summed E-state index contributed by atoms with van der Waals surface area (Å²) < 4.78 is 60.5. The standard InChI is InChI=1S/C6H8N2O6S2.N2/c7-3-1-5(15(9,10)11)4(8)2-6(3)16(12,13)14;1-2/h1-2H,7-8H2,(H,9,10,11)(H,12,13,14);. The highest BCUT2D eigenvalue weighted by atomic mass is 32.2. The molecule has 0 fully saturated rings. The van der Waals surface area contributed by atoms with Crippen LogP contribution in [0.5, 0.6) is 0 Å².